The fourth-order valence-electron chi connectivity index (χ4n) is 0.830. The van der Waals surface area contributed by atoms with Crippen molar-refractivity contribution in [1.29, 1.82) is 0 Å². The molecular weight excluding hydrogens is 242 g/mol. The minimum atomic E-state index is -2.00. The lowest BCUT2D eigenvalue weighted by Gasteiger charge is -2.05. The van der Waals surface area contributed by atoms with Gasteiger partial charge in [-0.2, -0.15) is 0 Å². The zero-order valence-corrected chi connectivity index (χ0v) is 8.56. The van der Waals surface area contributed by atoms with E-state index in [2.05, 4.69) is 20.7 Å². The van der Waals surface area contributed by atoms with Crippen molar-refractivity contribution in [3.05, 3.63) is 29.8 Å². The standard InChI is InChI=1S/C7H8BrNO2S/c8-5-6-3-1-2-4-7(6)9-12(10)11/h1-4,9H,5H2,(H,10,11). The molecule has 1 unspecified atom stereocenters. The monoisotopic (exact) mass is 249 g/mol. The van der Waals surface area contributed by atoms with Crippen molar-refractivity contribution < 1.29 is 8.76 Å². The Balaban J connectivity index is 2.89. The van der Waals surface area contributed by atoms with Crippen molar-refractivity contribution >= 4 is 32.9 Å². The third kappa shape index (κ3) is 2.58. The molecular formula is C7H8BrNO2S. The lowest BCUT2D eigenvalue weighted by Crippen LogP contribution is -2.03. The van der Waals surface area contributed by atoms with E-state index in [1.165, 1.54) is 0 Å². The van der Waals surface area contributed by atoms with Crippen LogP contribution in [-0.2, 0) is 16.6 Å². The molecule has 1 atom stereocenters. The first kappa shape index (κ1) is 9.70. The van der Waals surface area contributed by atoms with E-state index < -0.39 is 11.3 Å². The molecule has 1 aromatic carbocycles. The molecule has 0 radical (unpaired) electrons. The summed E-state index contributed by atoms with van der Waals surface area (Å²) in [5.41, 5.74) is 1.63. The number of rotatable bonds is 3. The Kier molecular flexibility index (Phi) is 3.71. The van der Waals surface area contributed by atoms with Crippen LogP contribution in [0.1, 0.15) is 5.56 Å². The zero-order chi connectivity index (χ0) is 8.97. The number of benzene rings is 1. The molecule has 12 heavy (non-hydrogen) atoms. The van der Waals surface area contributed by atoms with E-state index in [0.29, 0.717) is 11.0 Å². The summed E-state index contributed by atoms with van der Waals surface area (Å²) in [6.45, 7) is 0. The number of alkyl halides is 1. The molecule has 3 nitrogen and oxygen atoms in total. The summed E-state index contributed by atoms with van der Waals surface area (Å²) >= 11 is 1.28. The Morgan fingerprint density at radius 2 is 2.17 bits per heavy atom. The summed E-state index contributed by atoms with van der Waals surface area (Å²) in [5, 5.41) is 0.660. The van der Waals surface area contributed by atoms with Gasteiger partial charge in [0, 0.05) is 5.33 Å². The van der Waals surface area contributed by atoms with E-state index in [0.717, 1.165) is 5.56 Å². The van der Waals surface area contributed by atoms with Gasteiger partial charge in [0.15, 0.2) is 0 Å². The zero-order valence-electron chi connectivity index (χ0n) is 6.16. The van der Waals surface area contributed by atoms with E-state index in [4.69, 9.17) is 4.55 Å². The lowest BCUT2D eigenvalue weighted by atomic mass is 10.2. The Morgan fingerprint density at radius 3 is 2.75 bits per heavy atom. The summed E-state index contributed by atoms with van der Waals surface area (Å²) in [4.78, 5) is 0. The van der Waals surface area contributed by atoms with E-state index in [1.807, 2.05) is 12.1 Å². The Labute approximate surface area is 81.7 Å². The smallest absolute Gasteiger partial charge is 0.259 e. The summed E-state index contributed by atoms with van der Waals surface area (Å²) in [7, 11) is 0. The van der Waals surface area contributed by atoms with Crippen molar-refractivity contribution in [1.82, 2.24) is 0 Å². The van der Waals surface area contributed by atoms with Gasteiger partial charge in [-0.3, -0.25) is 9.27 Å². The molecule has 0 bridgehead atoms. The molecule has 2 N–H and O–H groups in total. The third-order valence-electron chi connectivity index (χ3n) is 1.36. The largest absolute Gasteiger partial charge is 0.289 e. The maximum Gasteiger partial charge on any atom is 0.259 e. The molecule has 66 valence electrons. The molecule has 0 fully saturated rings. The molecule has 1 aromatic rings. The van der Waals surface area contributed by atoms with Crippen LogP contribution < -0.4 is 4.72 Å². The van der Waals surface area contributed by atoms with Crippen LogP contribution in [0.3, 0.4) is 0 Å². The van der Waals surface area contributed by atoms with Gasteiger partial charge in [0.1, 0.15) is 0 Å². The maximum absolute atomic E-state index is 10.4. The molecule has 0 spiro atoms. The highest BCUT2D eigenvalue weighted by Crippen LogP contribution is 2.17. The second-order valence-corrected chi connectivity index (χ2v) is 3.41. The summed E-state index contributed by atoms with van der Waals surface area (Å²) in [5.74, 6) is 0. The minimum absolute atomic E-state index is 0.660. The van der Waals surface area contributed by atoms with Gasteiger partial charge in [-0.25, -0.2) is 4.21 Å². The van der Waals surface area contributed by atoms with Crippen LogP contribution in [0.4, 0.5) is 5.69 Å². The van der Waals surface area contributed by atoms with Crippen LogP contribution in [0, 0.1) is 0 Å². The number of anilines is 1. The first-order valence-corrected chi connectivity index (χ1v) is 5.48. The molecule has 0 aliphatic carbocycles. The first-order valence-electron chi connectivity index (χ1n) is 3.25. The number of hydrogen-bond donors (Lipinski definition) is 2. The first-order chi connectivity index (χ1) is 5.74. The molecule has 0 saturated carbocycles. The van der Waals surface area contributed by atoms with Crippen LogP contribution in [0.2, 0.25) is 0 Å². The third-order valence-corrected chi connectivity index (χ3v) is 2.36. The van der Waals surface area contributed by atoms with Crippen molar-refractivity contribution in [2.24, 2.45) is 0 Å². The molecule has 0 amide bonds. The van der Waals surface area contributed by atoms with Gasteiger partial charge in [-0.05, 0) is 11.6 Å². The molecule has 0 aromatic heterocycles. The van der Waals surface area contributed by atoms with E-state index >= 15 is 0 Å². The van der Waals surface area contributed by atoms with Gasteiger partial charge < -0.3 is 0 Å². The van der Waals surface area contributed by atoms with Crippen molar-refractivity contribution in [3.63, 3.8) is 0 Å². The number of hydrogen-bond acceptors (Lipinski definition) is 1. The topological polar surface area (TPSA) is 49.3 Å². The summed E-state index contributed by atoms with van der Waals surface area (Å²) in [6.07, 6.45) is 0. The van der Waals surface area contributed by atoms with Gasteiger partial charge >= 0.3 is 0 Å². The van der Waals surface area contributed by atoms with E-state index in [9.17, 15) is 4.21 Å². The van der Waals surface area contributed by atoms with Crippen LogP contribution in [0.15, 0.2) is 24.3 Å². The van der Waals surface area contributed by atoms with Crippen molar-refractivity contribution in [3.8, 4) is 0 Å². The van der Waals surface area contributed by atoms with Crippen molar-refractivity contribution in [2.75, 3.05) is 4.72 Å². The van der Waals surface area contributed by atoms with E-state index in [-0.39, 0.29) is 0 Å². The predicted molar refractivity (Wildman–Crippen MR) is 53.5 cm³/mol. The fourth-order valence-corrected chi connectivity index (χ4v) is 1.71. The second-order valence-electron chi connectivity index (χ2n) is 2.14. The molecule has 1 rings (SSSR count). The lowest BCUT2D eigenvalue weighted by molar-refractivity contribution is 0.570. The average Bonchev–Trinajstić information content (AvgIpc) is 2.04. The molecule has 0 aliphatic heterocycles. The van der Waals surface area contributed by atoms with Gasteiger partial charge in [0.05, 0.1) is 5.69 Å². The van der Waals surface area contributed by atoms with Crippen LogP contribution in [0.5, 0.6) is 0 Å². The van der Waals surface area contributed by atoms with Crippen LogP contribution >= 0.6 is 15.9 Å². The van der Waals surface area contributed by atoms with Crippen molar-refractivity contribution in [2.45, 2.75) is 5.33 Å². The normalized spacial score (nSPS) is 12.5. The molecule has 0 heterocycles. The minimum Gasteiger partial charge on any atom is -0.289 e. The number of nitrogens with one attached hydrogen (secondary N) is 1. The Hall–Kier alpha value is -0.390. The quantitative estimate of drug-likeness (QED) is 0.637. The summed E-state index contributed by atoms with van der Waals surface area (Å²) < 4.78 is 21.4. The Bertz CT molecular complexity index is 292. The summed E-state index contributed by atoms with van der Waals surface area (Å²) in [6, 6.07) is 7.32. The SMILES string of the molecule is O=S(O)Nc1ccccc1CBr. The number of para-hydroxylation sites is 1. The second kappa shape index (κ2) is 4.59. The predicted octanol–water partition coefficient (Wildman–Crippen LogP) is 2.13. The maximum atomic E-state index is 10.4. The van der Waals surface area contributed by atoms with Gasteiger partial charge in [0.2, 0.25) is 0 Å². The molecule has 0 aliphatic rings. The number of halogens is 1. The fraction of sp³-hybridized carbons (Fsp3) is 0.143. The molecule has 0 saturated heterocycles. The molecule has 5 heteroatoms. The van der Waals surface area contributed by atoms with E-state index in [1.54, 1.807) is 12.1 Å². The van der Waals surface area contributed by atoms with Gasteiger partial charge in [0.25, 0.3) is 11.3 Å². The van der Waals surface area contributed by atoms with Gasteiger partial charge in [-0.1, -0.05) is 34.1 Å². The van der Waals surface area contributed by atoms with Crippen LogP contribution in [0.25, 0.3) is 0 Å². The highest BCUT2D eigenvalue weighted by Gasteiger charge is 2.00. The average molecular weight is 250 g/mol. The Morgan fingerprint density at radius 1 is 1.50 bits per heavy atom. The van der Waals surface area contributed by atoms with Gasteiger partial charge in [-0.15, -0.1) is 0 Å². The highest BCUT2D eigenvalue weighted by atomic mass is 79.9. The van der Waals surface area contributed by atoms with Crippen LogP contribution in [-0.4, -0.2) is 8.76 Å². The highest BCUT2D eigenvalue weighted by molar-refractivity contribution is 9.08.